The predicted octanol–water partition coefficient (Wildman–Crippen LogP) is 4.21. The van der Waals surface area contributed by atoms with Crippen LogP contribution >= 0.6 is 23.8 Å². The van der Waals surface area contributed by atoms with Crippen molar-refractivity contribution in [1.29, 1.82) is 5.26 Å². The minimum absolute atomic E-state index is 0.0551. The fraction of sp³-hybridized carbons (Fsp3) is 0.105. The lowest BCUT2D eigenvalue weighted by molar-refractivity contribution is 0.284. The molecule has 0 amide bonds. The number of hydrogen-bond donors (Lipinski definition) is 2. The molecule has 0 atom stereocenters. The van der Waals surface area contributed by atoms with Crippen molar-refractivity contribution in [3.8, 4) is 28.8 Å². The minimum atomic E-state index is -0.543. The van der Waals surface area contributed by atoms with Gasteiger partial charge in [0.2, 0.25) is 0 Å². The Hall–Kier alpha value is -3.08. The van der Waals surface area contributed by atoms with E-state index in [1.54, 1.807) is 30.3 Å². The molecule has 27 heavy (non-hydrogen) atoms. The second-order valence-electron chi connectivity index (χ2n) is 5.55. The maximum absolute atomic E-state index is 11.9. The average molecular weight is 400 g/mol. The summed E-state index contributed by atoms with van der Waals surface area (Å²) in [5.74, 6) is 0.989. The Kier molecular flexibility index (Phi) is 5.60. The second kappa shape index (κ2) is 8.08. The molecule has 1 heterocycles. The average Bonchev–Trinajstić information content (AvgIpc) is 2.67. The largest absolute Gasteiger partial charge is 0.493 e. The maximum Gasteiger partial charge on any atom is 0.270 e. The van der Waals surface area contributed by atoms with E-state index in [0.29, 0.717) is 34.4 Å². The highest BCUT2D eigenvalue weighted by Crippen LogP contribution is 2.33. The summed E-state index contributed by atoms with van der Waals surface area (Å²) in [4.78, 5) is 17.2. The van der Waals surface area contributed by atoms with E-state index in [4.69, 9.17) is 33.3 Å². The predicted molar refractivity (Wildman–Crippen MR) is 105 cm³/mol. The molecule has 136 valence electrons. The summed E-state index contributed by atoms with van der Waals surface area (Å²) in [5, 5.41) is 9.93. The Morgan fingerprint density at radius 2 is 1.89 bits per heavy atom. The lowest BCUT2D eigenvalue weighted by Gasteiger charge is -2.13. The monoisotopic (exact) mass is 399 g/mol. The molecule has 0 bridgehead atoms. The minimum Gasteiger partial charge on any atom is -0.493 e. The molecule has 0 radical (unpaired) electrons. The number of ether oxygens (including phenoxy) is 2. The van der Waals surface area contributed by atoms with Crippen LogP contribution in [0.3, 0.4) is 0 Å². The van der Waals surface area contributed by atoms with Crippen LogP contribution in [-0.2, 0) is 6.61 Å². The number of nitriles is 1. The van der Waals surface area contributed by atoms with E-state index in [2.05, 4.69) is 9.97 Å². The molecule has 0 aliphatic rings. The van der Waals surface area contributed by atoms with Gasteiger partial charge in [0.05, 0.1) is 12.8 Å². The van der Waals surface area contributed by atoms with Crippen molar-refractivity contribution in [2.24, 2.45) is 0 Å². The van der Waals surface area contributed by atoms with Gasteiger partial charge in [0.1, 0.15) is 18.2 Å². The van der Waals surface area contributed by atoms with E-state index in [0.717, 1.165) is 5.56 Å². The van der Waals surface area contributed by atoms with E-state index in [9.17, 15) is 10.1 Å². The van der Waals surface area contributed by atoms with Crippen LogP contribution < -0.4 is 15.0 Å². The van der Waals surface area contributed by atoms with E-state index in [1.807, 2.05) is 18.2 Å². The van der Waals surface area contributed by atoms with Gasteiger partial charge in [-0.1, -0.05) is 23.7 Å². The Bertz CT molecular complexity index is 1130. The van der Waals surface area contributed by atoms with Gasteiger partial charge in [0, 0.05) is 10.6 Å². The number of nitrogens with zero attached hydrogens (tertiary/aromatic N) is 1. The van der Waals surface area contributed by atoms with Crippen molar-refractivity contribution in [1.82, 2.24) is 9.97 Å². The number of rotatable bonds is 5. The number of aromatic nitrogens is 2. The van der Waals surface area contributed by atoms with Gasteiger partial charge < -0.3 is 14.5 Å². The first-order chi connectivity index (χ1) is 13.0. The van der Waals surface area contributed by atoms with Gasteiger partial charge in [-0.2, -0.15) is 5.26 Å². The lowest BCUT2D eigenvalue weighted by Crippen LogP contribution is -2.13. The van der Waals surface area contributed by atoms with Gasteiger partial charge in [0.25, 0.3) is 5.56 Å². The third-order valence-corrected chi connectivity index (χ3v) is 4.27. The van der Waals surface area contributed by atoms with Crippen LogP contribution in [0.25, 0.3) is 11.3 Å². The summed E-state index contributed by atoms with van der Waals surface area (Å²) in [6, 6.07) is 14.3. The molecule has 0 aliphatic heterocycles. The van der Waals surface area contributed by atoms with Gasteiger partial charge in [-0.15, -0.1) is 0 Å². The van der Waals surface area contributed by atoms with Crippen molar-refractivity contribution in [3.05, 3.63) is 73.7 Å². The Balaban J connectivity index is 1.93. The third kappa shape index (κ3) is 4.19. The van der Waals surface area contributed by atoms with Gasteiger partial charge in [-0.05, 0) is 48.1 Å². The number of methoxy groups -OCH3 is 1. The molecule has 3 rings (SSSR count). The number of benzene rings is 2. The van der Waals surface area contributed by atoms with Crippen molar-refractivity contribution >= 4 is 23.8 Å². The number of nitrogens with one attached hydrogen (secondary N) is 2. The first kappa shape index (κ1) is 18.7. The van der Waals surface area contributed by atoms with E-state index in [-0.39, 0.29) is 10.3 Å². The van der Waals surface area contributed by atoms with Gasteiger partial charge in [0.15, 0.2) is 16.3 Å². The van der Waals surface area contributed by atoms with Crippen LogP contribution in [0.4, 0.5) is 0 Å². The Morgan fingerprint density at radius 1 is 1.15 bits per heavy atom. The molecule has 0 saturated carbocycles. The molecular weight excluding hydrogens is 386 g/mol. The van der Waals surface area contributed by atoms with Gasteiger partial charge in [-0.3, -0.25) is 9.78 Å². The first-order valence-electron chi connectivity index (χ1n) is 7.84. The number of aromatic amines is 2. The molecule has 0 spiro atoms. The normalized spacial score (nSPS) is 10.3. The zero-order valence-electron chi connectivity index (χ0n) is 14.2. The van der Waals surface area contributed by atoms with E-state index in [1.165, 1.54) is 7.11 Å². The van der Waals surface area contributed by atoms with Crippen LogP contribution in [-0.4, -0.2) is 17.1 Å². The van der Waals surface area contributed by atoms with Crippen molar-refractivity contribution < 1.29 is 9.47 Å². The highest BCUT2D eigenvalue weighted by atomic mass is 35.5. The molecule has 0 fully saturated rings. The first-order valence-corrected chi connectivity index (χ1v) is 8.63. The van der Waals surface area contributed by atoms with Crippen molar-refractivity contribution in [3.63, 3.8) is 0 Å². The van der Waals surface area contributed by atoms with Crippen LogP contribution in [0.2, 0.25) is 5.02 Å². The SMILES string of the molecule is COc1cc(-c2[nH]c(=S)[nH]c(=O)c2C#N)ccc1OCc1ccc(Cl)cc1. The molecule has 6 nitrogen and oxygen atoms in total. The lowest BCUT2D eigenvalue weighted by atomic mass is 10.1. The number of hydrogen-bond acceptors (Lipinski definition) is 5. The van der Waals surface area contributed by atoms with Crippen LogP contribution in [0, 0.1) is 16.1 Å². The Labute approximate surface area is 165 Å². The molecule has 3 aromatic rings. The maximum atomic E-state index is 11.9. The molecule has 0 aliphatic carbocycles. The molecule has 1 aromatic heterocycles. The zero-order chi connectivity index (χ0) is 19.4. The summed E-state index contributed by atoms with van der Waals surface area (Å²) >= 11 is 10.9. The third-order valence-electron chi connectivity index (χ3n) is 3.81. The van der Waals surface area contributed by atoms with Gasteiger partial charge in [-0.25, -0.2) is 0 Å². The highest BCUT2D eigenvalue weighted by molar-refractivity contribution is 7.71. The van der Waals surface area contributed by atoms with Crippen LogP contribution in [0.5, 0.6) is 11.5 Å². The second-order valence-corrected chi connectivity index (χ2v) is 6.40. The van der Waals surface area contributed by atoms with E-state index >= 15 is 0 Å². The van der Waals surface area contributed by atoms with Crippen LogP contribution in [0.1, 0.15) is 11.1 Å². The van der Waals surface area contributed by atoms with Crippen molar-refractivity contribution in [2.45, 2.75) is 6.61 Å². The summed E-state index contributed by atoms with van der Waals surface area (Å²) in [6.45, 7) is 0.337. The van der Waals surface area contributed by atoms with Crippen molar-refractivity contribution in [2.75, 3.05) is 7.11 Å². The van der Waals surface area contributed by atoms with Crippen LogP contribution in [0.15, 0.2) is 47.3 Å². The topological polar surface area (TPSA) is 90.9 Å². The molecule has 0 unspecified atom stereocenters. The standard InChI is InChI=1S/C19H14ClN3O3S/c1-25-16-8-12(17-14(9-21)18(24)23-19(27)22-17)4-7-15(16)26-10-11-2-5-13(20)6-3-11/h2-8H,10H2,1H3,(H2,22,23,24,27). The zero-order valence-corrected chi connectivity index (χ0v) is 15.8. The smallest absolute Gasteiger partial charge is 0.270 e. The number of H-pyrrole nitrogens is 2. The summed E-state index contributed by atoms with van der Waals surface area (Å²) < 4.78 is 11.3. The summed E-state index contributed by atoms with van der Waals surface area (Å²) in [5.41, 5.74) is 1.27. The fourth-order valence-corrected chi connectivity index (χ4v) is 2.81. The highest BCUT2D eigenvalue weighted by Gasteiger charge is 2.13. The fourth-order valence-electron chi connectivity index (χ4n) is 2.49. The molecule has 0 saturated heterocycles. The molecule has 2 N–H and O–H groups in total. The Morgan fingerprint density at radius 3 is 2.56 bits per heavy atom. The molecule has 8 heteroatoms. The summed E-state index contributed by atoms with van der Waals surface area (Å²) in [7, 11) is 1.51. The number of halogens is 1. The molecular formula is C19H14ClN3O3S. The quantitative estimate of drug-likeness (QED) is 0.627. The molecule has 2 aromatic carbocycles. The summed E-state index contributed by atoms with van der Waals surface area (Å²) in [6.07, 6.45) is 0. The van der Waals surface area contributed by atoms with E-state index < -0.39 is 5.56 Å². The van der Waals surface area contributed by atoms with Gasteiger partial charge >= 0.3 is 0 Å².